The molecule has 1 aromatic heterocycles. The highest BCUT2D eigenvalue weighted by molar-refractivity contribution is 5.68. The van der Waals surface area contributed by atoms with Crippen LogP contribution in [0.1, 0.15) is 18.9 Å². The van der Waals surface area contributed by atoms with Gasteiger partial charge in [0.15, 0.2) is 0 Å². The molecule has 1 N–H and O–H groups in total. The Morgan fingerprint density at radius 1 is 1.41 bits per heavy atom. The van der Waals surface area contributed by atoms with Crippen molar-refractivity contribution in [1.82, 2.24) is 14.8 Å². The van der Waals surface area contributed by atoms with E-state index in [-0.39, 0.29) is 23.8 Å². The van der Waals surface area contributed by atoms with E-state index in [2.05, 4.69) is 23.6 Å². The van der Waals surface area contributed by atoms with Gasteiger partial charge in [0.2, 0.25) is 11.9 Å². The van der Waals surface area contributed by atoms with E-state index in [1.165, 1.54) is 12.3 Å². The lowest BCUT2D eigenvalue weighted by atomic mass is 9.88. The zero-order chi connectivity index (χ0) is 19.7. The lowest BCUT2D eigenvalue weighted by Crippen LogP contribution is -2.44. The summed E-state index contributed by atoms with van der Waals surface area (Å²) in [5.41, 5.74) is 1.62. The molecular formula is C19H24F2N6. The van der Waals surface area contributed by atoms with Crippen molar-refractivity contribution >= 4 is 18.2 Å². The number of rotatable bonds is 3. The van der Waals surface area contributed by atoms with Gasteiger partial charge < -0.3 is 15.2 Å². The first-order chi connectivity index (χ1) is 12.8. The molecule has 0 amide bonds. The van der Waals surface area contributed by atoms with Crippen LogP contribution >= 0.6 is 0 Å². The minimum atomic E-state index is -0.863. The average molecular weight is 374 g/mol. The van der Waals surface area contributed by atoms with E-state index in [1.807, 2.05) is 30.1 Å². The van der Waals surface area contributed by atoms with Crippen LogP contribution < -0.4 is 5.01 Å². The molecule has 0 bridgehead atoms. The SMILES string of the molecule is C=C1C(C)C(N(C)/C=C\C=N)CCc2cc(F)nc(F)c2N2N=CN(C)C12. The molecule has 3 atom stereocenters. The Hall–Kier alpha value is -2.77. The molecule has 27 heavy (non-hydrogen) atoms. The molecule has 0 radical (unpaired) electrons. The van der Waals surface area contributed by atoms with Gasteiger partial charge in [-0.3, -0.25) is 0 Å². The smallest absolute Gasteiger partial charge is 0.241 e. The van der Waals surface area contributed by atoms with Gasteiger partial charge >= 0.3 is 0 Å². The molecule has 0 aliphatic carbocycles. The van der Waals surface area contributed by atoms with Gasteiger partial charge in [0.1, 0.15) is 18.2 Å². The van der Waals surface area contributed by atoms with Crippen LogP contribution in [0.25, 0.3) is 0 Å². The lowest BCUT2D eigenvalue weighted by molar-refractivity contribution is 0.242. The molecule has 6 nitrogen and oxygen atoms in total. The van der Waals surface area contributed by atoms with Crippen LogP contribution in [-0.4, -0.2) is 53.6 Å². The van der Waals surface area contributed by atoms with Crippen LogP contribution in [0.15, 0.2) is 35.6 Å². The van der Waals surface area contributed by atoms with Crippen LogP contribution in [0.5, 0.6) is 0 Å². The summed E-state index contributed by atoms with van der Waals surface area (Å²) in [6.45, 7) is 6.37. The molecular weight excluding hydrogens is 350 g/mol. The number of likely N-dealkylation sites (N-methyl/N-ethyl adjacent to an activating group) is 1. The summed E-state index contributed by atoms with van der Waals surface area (Å²) in [6.07, 6.45) is 7.09. The van der Waals surface area contributed by atoms with E-state index in [4.69, 9.17) is 5.41 Å². The number of nitrogens with one attached hydrogen (secondary N) is 1. The van der Waals surface area contributed by atoms with Gasteiger partial charge in [-0.05, 0) is 36.1 Å². The van der Waals surface area contributed by atoms with Crippen molar-refractivity contribution in [2.24, 2.45) is 11.0 Å². The van der Waals surface area contributed by atoms with Crippen molar-refractivity contribution in [2.75, 3.05) is 19.1 Å². The monoisotopic (exact) mass is 374 g/mol. The second kappa shape index (κ2) is 7.46. The molecule has 2 aliphatic heterocycles. The fraction of sp³-hybridized carbons (Fsp3) is 0.421. The first-order valence-electron chi connectivity index (χ1n) is 8.83. The second-order valence-corrected chi connectivity index (χ2v) is 7.00. The molecule has 0 saturated carbocycles. The van der Waals surface area contributed by atoms with E-state index in [0.717, 1.165) is 5.57 Å². The number of anilines is 1. The maximum atomic E-state index is 14.6. The lowest BCUT2D eigenvalue weighted by Gasteiger charge is -2.37. The largest absolute Gasteiger partial charge is 0.377 e. The van der Waals surface area contributed by atoms with Crippen molar-refractivity contribution in [3.63, 3.8) is 0 Å². The summed E-state index contributed by atoms with van der Waals surface area (Å²) in [7, 11) is 3.79. The van der Waals surface area contributed by atoms with Gasteiger partial charge in [-0.1, -0.05) is 13.5 Å². The second-order valence-electron chi connectivity index (χ2n) is 7.00. The van der Waals surface area contributed by atoms with Crippen molar-refractivity contribution in [3.05, 3.63) is 48.0 Å². The number of allylic oxidation sites excluding steroid dienone is 1. The maximum absolute atomic E-state index is 14.6. The Balaban J connectivity index is 2.09. The zero-order valence-electron chi connectivity index (χ0n) is 15.7. The number of aryl methyl sites for hydroxylation is 1. The summed E-state index contributed by atoms with van der Waals surface area (Å²) < 4.78 is 28.4. The van der Waals surface area contributed by atoms with Crippen LogP contribution in [0.3, 0.4) is 0 Å². The normalized spacial score (nSPS) is 25.1. The molecule has 144 valence electrons. The first-order valence-corrected chi connectivity index (χ1v) is 8.83. The summed E-state index contributed by atoms with van der Waals surface area (Å²) in [6, 6.07) is 1.33. The number of hydrogen-bond donors (Lipinski definition) is 1. The van der Waals surface area contributed by atoms with Crippen molar-refractivity contribution in [2.45, 2.75) is 32.0 Å². The number of fused-ring (bicyclic) bond motifs is 3. The molecule has 0 aromatic carbocycles. The number of nitrogens with zero attached hydrogens (tertiary/aromatic N) is 5. The molecule has 3 heterocycles. The molecule has 0 saturated heterocycles. The third kappa shape index (κ3) is 3.43. The van der Waals surface area contributed by atoms with Gasteiger partial charge in [-0.15, -0.1) is 0 Å². The number of hydrogen-bond acceptors (Lipinski definition) is 6. The number of halogens is 2. The highest BCUT2D eigenvalue weighted by Crippen LogP contribution is 2.37. The predicted octanol–water partition coefficient (Wildman–Crippen LogP) is 2.98. The van der Waals surface area contributed by atoms with E-state index in [9.17, 15) is 8.78 Å². The van der Waals surface area contributed by atoms with Crippen LogP contribution in [0.2, 0.25) is 0 Å². The number of aromatic nitrogens is 1. The van der Waals surface area contributed by atoms with Crippen LogP contribution in [-0.2, 0) is 6.42 Å². The van der Waals surface area contributed by atoms with Crippen molar-refractivity contribution in [1.29, 1.82) is 5.41 Å². The highest BCUT2D eigenvalue weighted by atomic mass is 19.1. The number of hydrazone groups is 1. The van der Waals surface area contributed by atoms with Gasteiger partial charge in [-0.2, -0.15) is 18.9 Å². The minimum Gasteiger partial charge on any atom is -0.377 e. The minimum absolute atomic E-state index is 0.0507. The zero-order valence-corrected chi connectivity index (χ0v) is 15.7. The molecule has 8 heteroatoms. The molecule has 1 aromatic rings. The molecule has 2 aliphatic rings. The summed E-state index contributed by atoms with van der Waals surface area (Å²) >= 11 is 0. The molecule has 3 unspecified atom stereocenters. The number of pyridine rings is 1. The Kier molecular flexibility index (Phi) is 5.25. The summed E-state index contributed by atoms with van der Waals surface area (Å²) in [5.74, 6) is -1.64. The highest BCUT2D eigenvalue weighted by Gasteiger charge is 2.38. The molecule has 3 rings (SSSR count). The third-order valence-electron chi connectivity index (χ3n) is 5.35. The fourth-order valence-electron chi connectivity index (χ4n) is 3.87. The Morgan fingerprint density at radius 2 is 2.15 bits per heavy atom. The quantitative estimate of drug-likeness (QED) is 0.502. The first kappa shape index (κ1) is 19.0. The van der Waals surface area contributed by atoms with E-state index >= 15 is 0 Å². The van der Waals surface area contributed by atoms with Crippen LogP contribution in [0, 0.1) is 23.2 Å². The average Bonchev–Trinajstić information content (AvgIpc) is 3.00. The molecule has 0 fully saturated rings. The van der Waals surface area contributed by atoms with E-state index in [1.54, 1.807) is 17.4 Å². The van der Waals surface area contributed by atoms with Gasteiger partial charge in [-0.25, -0.2) is 5.01 Å². The Labute approximate surface area is 158 Å². The van der Waals surface area contributed by atoms with Crippen LogP contribution in [0.4, 0.5) is 14.5 Å². The Morgan fingerprint density at radius 3 is 2.85 bits per heavy atom. The molecule has 0 spiro atoms. The van der Waals surface area contributed by atoms with Crippen molar-refractivity contribution in [3.8, 4) is 0 Å². The fourth-order valence-corrected chi connectivity index (χ4v) is 3.87. The summed E-state index contributed by atoms with van der Waals surface area (Å²) in [5, 5.41) is 13.1. The van der Waals surface area contributed by atoms with Gasteiger partial charge in [0.05, 0.1) is 0 Å². The van der Waals surface area contributed by atoms with E-state index < -0.39 is 11.9 Å². The topological polar surface area (TPSA) is 58.8 Å². The summed E-state index contributed by atoms with van der Waals surface area (Å²) in [4.78, 5) is 7.26. The van der Waals surface area contributed by atoms with Gasteiger partial charge in [0.25, 0.3) is 0 Å². The maximum Gasteiger partial charge on any atom is 0.241 e. The van der Waals surface area contributed by atoms with Crippen molar-refractivity contribution < 1.29 is 8.78 Å². The third-order valence-corrected chi connectivity index (χ3v) is 5.35. The van der Waals surface area contributed by atoms with Gasteiger partial charge in [0, 0.05) is 38.5 Å². The standard InChI is InChI=1S/C19H24F2N6/c1-12-13(2)19-26(4)11-23-27(19)17-14(10-16(20)24-18(17)21)6-7-15(12)25(3)9-5-8-22/h5,8-12,15,19,22H,2,6-7H2,1,3-4H3/b9-5-,22-8?. The Bertz CT molecular complexity index is 806. The predicted molar refractivity (Wildman–Crippen MR) is 103 cm³/mol. The van der Waals surface area contributed by atoms with E-state index in [0.29, 0.717) is 18.4 Å².